The van der Waals surface area contributed by atoms with Crippen molar-refractivity contribution in [3.8, 4) is 11.5 Å². The van der Waals surface area contributed by atoms with E-state index in [0.717, 1.165) is 17.2 Å². The predicted molar refractivity (Wildman–Crippen MR) is 94.1 cm³/mol. The van der Waals surface area contributed by atoms with E-state index >= 15 is 0 Å². The lowest BCUT2D eigenvalue weighted by Crippen LogP contribution is -2.39. The number of hydrogen-bond acceptors (Lipinski definition) is 3. The van der Waals surface area contributed by atoms with Gasteiger partial charge in [0.05, 0.1) is 30.8 Å². The van der Waals surface area contributed by atoms with E-state index in [9.17, 15) is 9.18 Å². The van der Waals surface area contributed by atoms with Gasteiger partial charge in [-0.25, -0.2) is 4.39 Å². The highest BCUT2D eigenvalue weighted by atomic mass is 35.5. The molecule has 0 radical (unpaired) electrons. The zero-order valence-electron chi connectivity index (χ0n) is 14.3. The molecule has 0 bridgehead atoms. The van der Waals surface area contributed by atoms with Gasteiger partial charge < -0.3 is 14.4 Å². The predicted octanol–water partition coefficient (Wildman–Crippen LogP) is 4.26. The van der Waals surface area contributed by atoms with Crippen molar-refractivity contribution in [2.45, 2.75) is 19.4 Å². The number of carbonyl (C=O) groups excluding carboxylic acids is 1. The summed E-state index contributed by atoms with van der Waals surface area (Å²) in [5, 5.41) is 0.121. The number of rotatable bonds is 3. The molecular formula is C19H19ClFNO3. The first kappa shape index (κ1) is 17.5. The van der Waals surface area contributed by atoms with Crippen LogP contribution >= 0.6 is 11.6 Å². The molecule has 4 nitrogen and oxygen atoms in total. The molecule has 0 fully saturated rings. The minimum absolute atomic E-state index is 0.121. The van der Waals surface area contributed by atoms with E-state index in [4.69, 9.17) is 21.1 Å². The van der Waals surface area contributed by atoms with Crippen LogP contribution in [0, 0.1) is 5.82 Å². The highest BCUT2D eigenvalue weighted by molar-refractivity contribution is 6.33. The maximum absolute atomic E-state index is 13.2. The second kappa shape index (κ2) is 6.92. The Kier molecular flexibility index (Phi) is 4.86. The van der Waals surface area contributed by atoms with E-state index < -0.39 is 5.82 Å². The van der Waals surface area contributed by atoms with Gasteiger partial charge in [0.2, 0.25) is 0 Å². The Balaban J connectivity index is 1.95. The largest absolute Gasteiger partial charge is 0.493 e. The van der Waals surface area contributed by atoms with Crippen molar-refractivity contribution in [1.29, 1.82) is 0 Å². The summed E-state index contributed by atoms with van der Waals surface area (Å²) in [4.78, 5) is 14.6. The number of amides is 1. The van der Waals surface area contributed by atoms with E-state index in [1.54, 1.807) is 19.1 Å². The number of hydrogen-bond donors (Lipinski definition) is 0. The molecule has 0 unspecified atom stereocenters. The summed E-state index contributed by atoms with van der Waals surface area (Å²) in [7, 11) is 3.18. The average Bonchev–Trinajstić information content (AvgIpc) is 2.60. The molecule has 0 saturated heterocycles. The fourth-order valence-electron chi connectivity index (χ4n) is 3.24. The summed E-state index contributed by atoms with van der Waals surface area (Å²) in [6, 6.07) is 7.54. The molecule has 1 atom stereocenters. The Morgan fingerprint density at radius 3 is 2.52 bits per heavy atom. The number of halogens is 2. The molecule has 1 amide bonds. The van der Waals surface area contributed by atoms with Crippen molar-refractivity contribution in [3.63, 3.8) is 0 Å². The zero-order valence-corrected chi connectivity index (χ0v) is 15.1. The molecule has 1 heterocycles. The average molecular weight is 364 g/mol. The van der Waals surface area contributed by atoms with Crippen LogP contribution in [-0.4, -0.2) is 31.6 Å². The second-order valence-corrected chi connectivity index (χ2v) is 6.36. The quantitative estimate of drug-likeness (QED) is 0.818. The van der Waals surface area contributed by atoms with Crippen molar-refractivity contribution in [2.24, 2.45) is 0 Å². The first-order valence-corrected chi connectivity index (χ1v) is 8.35. The lowest BCUT2D eigenvalue weighted by molar-refractivity contribution is 0.0677. The highest BCUT2D eigenvalue weighted by Gasteiger charge is 2.30. The van der Waals surface area contributed by atoms with Crippen LogP contribution in [-0.2, 0) is 6.42 Å². The summed E-state index contributed by atoms with van der Waals surface area (Å²) in [5.74, 6) is 0.630. The molecule has 0 saturated carbocycles. The molecule has 1 aliphatic rings. The fourth-order valence-corrected chi connectivity index (χ4v) is 3.49. The molecule has 6 heteroatoms. The molecule has 25 heavy (non-hydrogen) atoms. The van der Waals surface area contributed by atoms with Crippen LogP contribution < -0.4 is 9.47 Å². The summed E-state index contributed by atoms with van der Waals surface area (Å²) in [5.41, 5.74) is 2.44. The minimum Gasteiger partial charge on any atom is -0.493 e. The third-order valence-electron chi connectivity index (χ3n) is 4.61. The van der Waals surface area contributed by atoms with Crippen LogP contribution in [0.25, 0.3) is 0 Å². The first-order valence-electron chi connectivity index (χ1n) is 7.97. The molecule has 132 valence electrons. The van der Waals surface area contributed by atoms with Crippen LogP contribution in [0.5, 0.6) is 11.5 Å². The molecule has 0 aromatic heterocycles. The summed E-state index contributed by atoms with van der Waals surface area (Å²) < 4.78 is 24.0. The van der Waals surface area contributed by atoms with Gasteiger partial charge in [0.25, 0.3) is 5.91 Å². The van der Waals surface area contributed by atoms with E-state index in [0.29, 0.717) is 30.0 Å². The van der Waals surface area contributed by atoms with Crippen LogP contribution in [0.15, 0.2) is 30.3 Å². The van der Waals surface area contributed by atoms with Gasteiger partial charge in [-0.05, 0) is 54.8 Å². The molecular weight excluding hydrogens is 345 g/mol. The Bertz CT molecular complexity index is 825. The molecule has 0 spiro atoms. The standard InChI is InChI=1S/C19H19ClFNO3/c1-11-15-10-18(25-3)17(24-2)8-12(15)6-7-22(11)19(23)14-5-4-13(21)9-16(14)20/h4-5,8-11H,6-7H2,1-3H3/t11-/m1/s1. The van der Waals surface area contributed by atoms with Gasteiger partial charge in [0.1, 0.15) is 5.82 Å². The highest BCUT2D eigenvalue weighted by Crippen LogP contribution is 2.38. The first-order chi connectivity index (χ1) is 12.0. The number of carbonyl (C=O) groups is 1. The SMILES string of the molecule is COc1cc2c(cc1OC)[C@@H](C)N(C(=O)c1ccc(F)cc1Cl)CC2. The van der Waals surface area contributed by atoms with E-state index in [1.807, 2.05) is 19.1 Å². The number of ether oxygens (including phenoxy) is 2. The smallest absolute Gasteiger partial charge is 0.255 e. The van der Waals surface area contributed by atoms with Gasteiger partial charge in [0, 0.05) is 6.54 Å². The Morgan fingerprint density at radius 1 is 1.20 bits per heavy atom. The summed E-state index contributed by atoms with van der Waals surface area (Å²) in [6.07, 6.45) is 0.699. The number of nitrogens with zero attached hydrogens (tertiary/aromatic N) is 1. The zero-order chi connectivity index (χ0) is 18.1. The molecule has 2 aromatic carbocycles. The topological polar surface area (TPSA) is 38.8 Å². The molecule has 1 aliphatic heterocycles. The lowest BCUT2D eigenvalue weighted by Gasteiger charge is -2.36. The van der Waals surface area contributed by atoms with Gasteiger partial charge in [-0.2, -0.15) is 0 Å². The van der Waals surface area contributed by atoms with Gasteiger partial charge in [-0.15, -0.1) is 0 Å². The van der Waals surface area contributed by atoms with Crippen molar-refractivity contribution < 1.29 is 18.7 Å². The number of methoxy groups -OCH3 is 2. The van der Waals surface area contributed by atoms with Crippen LogP contribution in [0.1, 0.15) is 34.5 Å². The molecule has 0 N–H and O–H groups in total. The van der Waals surface area contributed by atoms with Gasteiger partial charge in [0.15, 0.2) is 11.5 Å². The second-order valence-electron chi connectivity index (χ2n) is 5.95. The lowest BCUT2D eigenvalue weighted by atomic mass is 9.92. The van der Waals surface area contributed by atoms with Crippen LogP contribution in [0.2, 0.25) is 5.02 Å². The van der Waals surface area contributed by atoms with Crippen LogP contribution in [0.3, 0.4) is 0 Å². The Labute approximate surface area is 151 Å². The third-order valence-corrected chi connectivity index (χ3v) is 4.92. The molecule has 0 aliphatic carbocycles. The van der Waals surface area contributed by atoms with Crippen molar-refractivity contribution in [2.75, 3.05) is 20.8 Å². The van der Waals surface area contributed by atoms with Gasteiger partial charge >= 0.3 is 0 Å². The van der Waals surface area contributed by atoms with Gasteiger partial charge in [-0.1, -0.05) is 11.6 Å². The Morgan fingerprint density at radius 2 is 1.88 bits per heavy atom. The molecule has 3 rings (SSSR count). The Hall–Kier alpha value is -2.27. The van der Waals surface area contributed by atoms with E-state index in [2.05, 4.69) is 0 Å². The van der Waals surface area contributed by atoms with Crippen molar-refractivity contribution in [3.05, 3.63) is 57.9 Å². The normalized spacial score (nSPS) is 16.4. The van der Waals surface area contributed by atoms with Gasteiger partial charge in [-0.3, -0.25) is 4.79 Å². The number of fused-ring (bicyclic) bond motifs is 1. The van der Waals surface area contributed by atoms with Crippen LogP contribution in [0.4, 0.5) is 4.39 Å². The fraction of sp³-hybridized carbons (Fsp3) is 0.316. The maximum atomic E-state index is 13.2. The van der Waals surface area contributed by atoms with E-state index in [-0.39, 0.29) is 17.0 Å². The monoisotopic (exact) mass is 363 g/mol. The van der Waals surface area contributed by atoms with Crippen molar-refractivity contribution in [1.82, 2.24) is 4.90 Å². The number of benzene rings is 2. The molecule has 2 aromatic rings. The van der Waals surface area contributed by atoms with E-state index in [1.165, 1.54) is 12.1 Å². The summed E-state index contributed by atoms with van der Waals surface area (Å²) >= 11 is 6.05. The summed E-state index contributed by atoms with van der Waals surface area (Å²) in [6.45, 7) is 2.51. The van der Waals surface area contributed by atoms with Crippen molar-refractivity contribution >= 4 is 17.5 Å². The minimum atomic E-state index is -0.463. The third kappa shape index (κ3) is 3.16. The maximum Gasteiger partial charge on any atom is 0.255 e.